The van der Waals surface area contributed by atoms with E-state index in [0.29, 0.717) is 46.2 Å². The molecule has 0 aliphatic carbocycles. The number of hydrogen-bond donors (Lipinski definition) is 2. The van der Waals surface area contributed by atoms with Gasteiger partial charge in [0.05, 0.1) is 46.2 Å². The van der Waals surface area contributed by atoms with Gasteiger partial charge >= 0.3 is 0 Å². The minimum absolute atomic E-state index is 0.397. The summed E-state index contributed by atoms with van der Waals surface area (Å²) in [5, 5.41) is 5.73. The molecule has 6 heteroatoms. The third-order valence-corrected chi connectivity index (χ3v) is 2.38. The fraction of sp³-hybridized carbons (Fsp3) is 0.857. The highest BCUT2D eigenvalue weighted by Crippen LogP contribution is 1.82. The summed E-state index contributed by atoms with van der Waals surface area (Å²) in [6.45, 7) is 8.68. The molecule has 0 aliphatic heterocycles. The van der Waals surface area contributed by atoms with Gasteiger partial charge < -0.3 is 24.3 Å². The first-order valence-corrected chi connectivity index (χ1v) is 7.50. The van der Waals surface area contributed by atoms with Crippen LogP contribution in [0.3, 0.4) is 0 Å². The van der Waals surface area contributed by atoms with Crippen LogP contribution in [0.25, 0.3) is 0 Å². The number of rotatable bonds is 15. The largest absolute Gasteiger partial charge is 0.378 e. The molecule has 0 atom stereocenters. The van der Waals surface area contributed by atoms with Crippen molar-refractivity contribution in [2.45, 2.75) is 13.3 Å². The zero-order valence-corrected chi connectivity index (χ0v) is 13.3. The van der Waals surface area contributed by atoms with Gasteiger partial charge in [0.2, 0.25) is 0 Å². The predicted molar refractivity (Wildman–Crippen MR) is 83.2 cm³/mol. The summed E-state index contributed by atoms with van der Waals surface area (Å²) in [5.41, 5.74) is 0. The van der Waals surface area contributed by atoms with Gasteiger partial charge in [0.15, 0.2) is 0 Å². The second-order valence-electron chi connectivity index (χ2n) is 3.93. The van der Waals surface area contributed by atoms with Crippen LogP contribution in [-0.2, 0) is 18.9 Å². The third-order valence-electron chi connectivity index (χ3n) is 2.22. The first kappa shape index (κ1) is 19.7. The smallest absolute Gasteiger partial charge is 0.108 e. The van der Waals surface area contributed by atoms with E-state index < -0.39 is 0 Å². The molecule has 0 heterocycles. The molecule has 0 aromatic rings. The number of hydrogen-bond acceptors (Lipinski definition) is 6. The average molecular weight is 305 g/mol. The second kappa shape index (κ2) is 18.7. The Morgan fingerprint density at radius 2 is 1.35 bits per heavy atom. The molecule has 1 N–H and O–H groups in total. The standard InChI is InChI=1S/C14H27NO4S/c1-2-4-15-5-7-17-9-11-19-13-12-18-10-8-16-6-3-14-20/h15,20H,2,4-13H2,1H3. The van der Waals surface area contributed by atoms with E-state index in [0.717, 1.165) is 26.1 Å². The summed E-state index contributed by atoms with van der Waals surface area (Å²) < 4.78 is 21.2. The van der Waals surface area contributed by atoms with E-state index in [1.165, 1.54) is 0 Å². The van der Waals surface area contributed by atoms with Crippen molar-refractivity contribution < 1.29 is 18.9 Å². The van der Waals surface area contributed by atoms with Gasteiger partial charge in [-0.1, -0.05) is 25.5 Å². The third kappa shape index (κ3) is 17.7. The van der Waals surface area contributed by atoms with Crippen molar-refractivity contribution >= 4 is 12.6 Å². The molecule has 0 amide bonds. The lowest BCUT2D eigenvalue weighted by Gasteiger charge is -2.07. The summed E-state index contributed by atoms with van der Waals surface area (Å²) in [6.07, 6.45) is 1.15. The maximum Gasteiger partial charge on any atom is 0.108 e. The zero-order valence-electron chi connectivity index (χ0n) is 12.4. The fourth-order valence-corrected chi connectivity index (χ4v) is 1.33. The molecule has 118 valence electrons. The molecular weight excluding hydrogens is 278 g/mol. The molecule has 0 fully saturated rings. The van der Waals surface area contributed by atoms with Gasteiger partial charge in [-0.3, -0.25) is 0 Å². The Labute approximate surface area is 128 Å². The number of nitrogens with one attached hydrogen (secondary N) is 1. The topological polar surface area (TPSA) is 49.0 Å². The van der Waals surface area contributed by atoms with Gasteiger partial charge in [-0.05, 0) is 18.2 Å². The monoisotopic (exact) mass is 305 g/mol. The SMILES string of the molecule is CCCNCCOCCOCCOCCOCC#CS. The molecule has 0 aromatic heterocycles. The Hall–Kier alpha value is -0.290. The van der Waals surface area contributed by atoms with Crippen molar-refractivity contribution in [2.75, 3.05) is 65.9 Å². The van der Waals surface area contributed by atoms with Crippen molar-refractivity contribution in [3.63, 3.8) is 0 Å². The molecule has 0 saturated carbocycles. The molecule has 0 saturated heterocycles. The van der Waals surface area contributed by atoms with Crippen LogP contribution in [0, 0.1) is 11.2 Å². The maximum absolute atomic E-state index is 5.40. The highest BCUT2D eigenvalue weighted by Gasteiger charge is 1.92. The molecule has 0 aliphatic rings. The Kier molecular flexibility index (Phi) is 18.4. The summed E-state index contributed by atoms with van der Waals surface area (Å²) in [4.78, 5) is 0. The summed E-state index contributed by atoms with van der Waals surface area (Å²) in [7, 11) is 0. The van der Waals surface area contributed by atoms with E-state index in [1.807, 2.05) is 0 Å². The second-order valence-corrected chi connectivity index (χ2v) is 4.15. The van der Waals surface area contributed by atoms with Crippen LogP contribution in [0.4, 0.5) is 0 Å². The Bertz CT molecular complexity index is 243. The molecule has 5 nitrogen and oxygen atoms in total. The quantitative estimate of drug-likeness (QED) is 0.268. The minimum atomic E-state index is 0.397. The lowest BCUT2D eigenvalue weighted by molar-refractivity contribution is 0.00172. The van der Waals surface area contributed by atoms with Crippen LogP contribution in [0.5, 0.6) is 0 Å². The minimum Gasteiger partial charge on any atom is -0.378 e. The van der Waals surface area contributed by atoms with E-state index in [1.54, 1.807) is 0 Å². The maximum atomic E-state index is 5.40. The lowest BCUT2D eigenvalue weighted by atomic mass is 10.5. The molecular formula is C14H27NO4S. The average Bonchev–Trinajstić information content (AvgIpc) is 2.47. The van der Waals surface area contributed by atoms with Gasteiger partial charge in [-0.2, -0.15) is 0 Å². The van der Waals surface area contributed by atoms with E-state index in [-0.39, 0.29) is 0 Å². The van der Waals surface area contributed by atoms with Crippen molar-refractivity contribution in [3.05, 3.63) is 0 Å². The van der Waals surface area contributed by atoms with Crippen molar-refractivity contribution in [2.24, 2.45) is 0 Å². The lowest BCUT2D eigenvalue weighted by Crippen LogP contribution is -2.21. The van der Waals surface area contributed by atoms with Crippen molar-refractivity contribution in [1.29, 1.82) is 0 Å². The van der Waals surface area contributed by atoms with Gasteiger partial charge in [0.1, 0.15) is 6.61 Å². The van der Waals surface area contributed by atoms with Crippen LogP contribution >= 0.6 is 12.6 Å². The van der Waals surface area contributed by atoms with Crippen molar-refractivity contribution in [3.8, 4) is 11.2 Å². The fourth-order valence-electron chi connectivity index (χ4n) is 1.26. The first-order valence-electron chi connectivity index (χ1n) is 7.05. The van der Waals surface area contributed by atoms with Gasteiger partial charge in [-0.15, -0.1) is 0 Å². The van der Waals surface area contributed by atoms with Crippen LogP contribution in [0.1, 0.15) is 13.3 Å². The Morgan fingerprint density at radius 3 is 1.90 bits per heavy atom. The number of ether oxygens (including phenoxy) is 4. The zero-order chi connectivity index (χ0) is 14.7. The normalized spacial score (nSPS) is 10.3. The van der Waals surface area contributed by atoms with Gasteiger partial charge in [-0.25, -0.2) is 0 Å². The summed E-state index contributed by atoms with van der Waals surface area (Å²) >= 11 is 3.75. The van der Waals surface area contributed by atoms with E-state index in [2.05, 4.69) is 36.0 Å². The summed E-state index contributed by atoms with van der Waals surface area (Å²) in [6, 6.07) is 0. The molecule has 0 spiro atoms. The van der Waals surface area contributed by atoms with Gasteiger partial charge in [0.25, 0.3) is 0 Å². The van der Waals surface area contributed by atoms with Gasteiger partial charge in [0, 0.05) is 6.54 Å². The van der Waals surface area contributed by atoms with Crippen LogP contribution in [0.2, 0.25) is 0 Å². The van der Waals surface area contributed by atoms with E-state index in [4.69, 9.17) is 18.9 Å². The van der Waals surface area contributed by atoms with Crippen LogP contribution in [0.15, 0.2) is 0 Å². The molecule has 0 radical (unpaired) electrons. The highest BCUT2D eigenvalue weighted by molar-refractivity contribution is 7.85. The molecule has 20 heavy (non-hydrogen) atoms. The molecule has 0 unspecified atom stereocenters. The highest BCUT2D eigenvalue weighted by atomic mass is 32.1. The van der Waals surface area contributed by atoms with Crippen LogP contribution in [-0.4, -0.2) is 65.9 Å². The predicted octanol–water partition coefficient (Wildman–Crippen LogP) is 0.943. The molecule has 0 bridgehead atoms. The molecule has 0 aromatic carbocycles. The molecule has 0 rings (SSSR count). The first-order chi connectivity index (χ1) is 9.91. The number of thiol groups is 1. The van der Waals surface area contributed by atoms with Crippen LogP contribution < -0.4 is 5.32 Å². The van der Waals surface area contributed by atoms with E-state index in [9.17, 15) is 0 Å². The summed E-state index contributed by atoms with van der Waals surface area (Å²) in [5.74, 6) is 2.69. The Morgan fingerprint density at radius 1 is 0.800 bits per heavy atom. The van der Waals surface area contributed by atoms with Crippen molar-refractivity contribution in [1.82, 2.24) is 5.32 Å². The Balaban J connectivity index is 2.93. The van der Waals surface area contributed by atoms with E-state index >= 15 is 0 Å².